The van der Waals surface area contributed by atoms with Crippen LogP contribution in [0.1, 0.15) is 26.2 Å². The van der Waals surface area contributed by atoms with Crippen molar-refractivity contribution in [2.75, 3.05) is 18.1 Å². The minimum atomic E-state index is -0.292. The fraction of sp³-hybridized carbons (Fsp3) is 0.636. The zero-order valence-corrected chi connectivity index (χ0v) is 11.2. The van der Waals surface area contributed by atoms with Gasteiger partial charge in [0.25, 0.3) is 0 Å². The normalized spacial score (nSPS) is 25.1. The molecule has 1 aromatic rings. The minimum Gasteiger partial charge on any atom is -0.394 e. The molecule has 6 heteroatoms. The number of aromatic nitrogens is 2. The Hall–Kier alpha value is -0.580. The quantitative estimate of drug-likeness (QED) is 0.666. The third-order valence-electron chi connectivity index (χ3n) is 3.27. The van der Waals surface area contributed by atoms with Gasteiger partial charge < -0.3 is 10.0 Å². The van der Waals surface area contributed by atoms with E-state index in [1.54, 1.807) is 6.07 Å². The molecule has 1 unspecified atom stereocenters. The Kier molecular flexibility index (Phi) is 3.76. The summed E-state index contributed by atoms with van der Waals surface area (Å²) in [4.78, 5) is 10.1. The Morgan fingerprint density at radius 1 is 1.41 bits per heavy atom. The number of nitrogens with zero attached hydrogens (tertiary/aromatic N) is 3. The van der Waals surface area contributed by atoms with Crippen LogP contribution in [0.4, 0.5) is 5.82 Å². The summed E-state index contributed by atoms with van der Waals surface area (Å²) >= 11 is 11.7. The van der Waals surface area contributed by atoms with E-state index in [0.717, 1.165) is 25.8 Å². The molecule has 1 aromatic heterocycles. The topological polar surface area (TPSA) is 49.2 Å². The summed E-state index contributed by atoms with van der Waals surface area (Å²) < 4.78 is 0. The summed E-state index contributed by atoms with van der Waals surface area (Å²) in [5.74, 6) is 0.686. The van der Waals surface area contributed by atoms with E-state index in [9.17, 15) is 5.11 Å². The predicted molar refractivity (Wildman–Crippen MR) is 68.7 cm³/mol. The van der Waals surface area contributed by atoms with Crippen LogP contribution in [0, 0.1) is 0 Å². The molecule has 94 valence electrons. The molecular weight excluding hydrogens is 261 g/mol. The molecule has 1 saturated heterocycles. The maximum Gasteiger partial charge on any atom is 0.225 e. The van der Waals surface area contributed by atoms with E-state index in [2.05, 4.69) is 14.9 Å². The van der Waals surface area contributed by atoms with Crippen LogP contribution in [0.25, 0.3) is 0 Å². The number of anilines is 1. The van der Waals surface area contributed by atoms with Crippen LogP contribution in [0.3, 0.4) is 0 Å². The van der Waals surface area contributed by atoms with E-state index in [1.807, 2.05) is 6.92 Å². The summed E-state index contributed by atoms with van der Waals surface area (Å²) in [7, 11) is 0. The van der Waals surface area contributed by atoms with Gasteiger partial charge in [0.05, 0.1) is 12.1 Å². The highest BCUT2D eigenvalue weighted by Crippen LogP contribution is 2.32. The van der Waals surface area contributed by atoms with Crippen molar-refractivity contribution in [3.05, 3.63) is 16.5 Å². The van der Waals surface area contributed by atoms with Gasteiger partial charge in [-0.25, -0.2) is 9.97 Å². The van der Waals surface area contributed by atoms with Crippen molar-refractivity contribution < 1.29 is 5.11 Å². The molecule has 1 N–H and O–H groups in total. The lowest BCUT2D eigenvalue weighted by Gasteiger charge is -2.44. The summed E-state index contributed by atoms with van der Waals surface area (Å²) in [6.07, 6.45) is 3.12. The second-order valence-electron chi connectivity index (χ2n) is 4.58. The van der Waals surface area contributed by atoms with Crippen LogP contribution in [-0.2, 0) is 0 Å². The molecule has 1 fully saturated rings. The zero-order valence-electron chi connectivity index (χ0n) is 9.66. The first-order valence-electron chi connectivity index (χ1n) is 5.64. The fourth-order valence-electron chi connectivity index (χ4n) is 2.25. The number of rotatable bonds is 2. The Labute approximate surface area is 111 Å². The molecule has 0 amide bonds. The van der Waals surface area contributed by atoms with Gasteiger partial charge in [-0.3, -0.25) is 0 Å². The molecule has 0 saturated carbocycles. The predicted octanol–water partition coefficient (Wildman–Crippen LogP) is 2.52. The summed E-state index contributed by atoms with van der Waals surface area (Å²) in [6, 6.07) is 1.69. The van der Waals surface area contributed by atoms with Gasteiger partial charge in [-0.2, -0.15) is 0 Å². The van der Waals surface area contributed by atoms with Gasteiger partial charge in [0, 0.05) is 12.6 Å². The number of halogens is 2. The summed E-state index contributed by atoms with van der Waals surface area (Å²) in [5.41, 5.74) is -0.292. The number of piperidine rings is 1. The van der Waals surface area contributed by atoms with Gasteiger partial charge in [-0.05, 0) is 37.8 Å². The maximum atomic E-state index is 9.57. The van der Waals surface area contributed by atoms with Gasteiger partial charge in [-0.15, -0.1) is 0 Å². The molecule has 1 aliphatic heterocycles. The van der Waals surface area contributed by atoms with Crippen molar-refractivity contribution in [2.24, 2.45) is 0 Å². The molecule has 2 rings (SSSR count). The largest absolute Gasteiger partial charge is 0.394 e. The number of hydrogen-bond donors (Lipinski definition) is 1. The first kappa shape index (κ1) is 12.9. The van der Waals surface area contributed by atoms with Crippen LogP contribution in [0.15, 0.2) is 6.07 Å². The Bertz CT molecular complexity index is 395. The van der Waals surface area contributed by atoms with Crippen LogP contribution in [0.2, 0.25) is 10.4 Å². The van der Waals surface area contributed by atoms with Crippen molar-refractivity contribution >= 4 is 29.0 Å². The van der Waals surface area contributed by atoms with Crippen molar-refractivity contribution in [1.29, 1.82) is 0 Å². The van der Waals surface area contributed by atoms with Crippen molar-refractivity contribution in [3.63, 3.8) is 0 Å². The van der Waals surface area contributed by atoms with Crippen molar-refractivity contribution in [3.8, 4) is 0 Å². The van der Waals surface area contributed by atoms with E-state index < -0.39 is 0 Å². The van der Waals surface area contributed by atoms with Crippen LogP contribution in [-0.4, -0.2) is 33.8 Å². The van der Waals surface area contributed by atoms with Crippen LogP contribution in [0.5, 0.6) is 0 Å². The molecule has 4 nitrogen and oxygen atoms in total. The highest BCUT2D eigenvalue weighted by Gasteiger charge is 2.34. The lowest BCUT2D eigenvalue weighted by Crippen LogP contribution is -2.53. The third-order valence-corrected chi connectivity index (χ3v) is 3.63. The molecule has 2 heterocycles. The SMILES string of the molecule is CC1(CO)CCCCN1c1cc(Cl)nc(Cl)n1. The highest BCUT2D eigenvalue weighted by atomic mass is 35.5. The fourth-order valence-corrected chi connectivity index (χ4v) is 2.65. The molecule has 0 radical (unpaired) electrons. The standard InChI is InChI=1S/C11H15Cl2N3O/c1-11(7-17)4-2-3-5-16(11)9-6-8(12)14-10(13)15-9/h6,17H,2-5,7H2,1H3. The second-order valence-corrected chi connectivity index (χ2v) is 5.31. The lowest BCUT2D eigenvalue weighted by atomic mass is 9.89. The van der Waals surface area contributed by atoms with Gasteiger partial charge in [0.2, 0.25) is 5.28 Å². The van der Waals surface area contributed by atoms with Crippen LogP contribution >= 0.6 is 23.2 Å². The average Bonchev–Trinajstić information content (AvgIpc) is 2.28. The molecule has 1 aliphatic rings. The molecule has 1 atom stereocenters. The zero-order chi connectivity index (χ0) is 12.5. The van der Waals surface area contributed by atoms with Gasteiger partial charge in [0.1, 0.15) is 11.0 Å². The minimum absolute atomic E-state index is 0.0895. The smallest absolute Gasteiger partial charge is 0.225 e. The first-order valence-corrected chi connectivity index (χ1v) is 6.39. The Morgan fingerprint density at radius 2 is 2.18 bits per heavy atom. The van der Waals surface area contributed by atoms with Gasteiger partial charge in [0.15, 0.2) is 0 Å². The lowest BCUT2D eigenvalue weighted by molar-refractivity contribution is 0.174. The third kappa shape index (κ3) is 2.64. The van der Waals surface area contributed by atoms with Crippen molar-refractivity contribution in [1.82, 2.24) is 9.97 Å². The van der Waals surface area contributed by atoms with E-state index in [-0.39, 0.29) is 17.4 Å². The van der Waals surface area contributed by atoms with Crippen LogP contribution < -0.4 is 4.90 Å². The number of aliphatic hydroxyl groups excluding tert-OH is 1. The molecule has 17 heavy (non-hydrogen) atoms. The molecule has 0 aliphatic carbocycles. The average molecular weight is 276 g/mol. The Balaban J connectivity index is 2.36. The molecule has 0 spiro atoms. The van der Waals surface area contributed by atoms with Gasteiger partial charge in [-0.1, -0.05) is 11.6 Å². The summed E-state index contributed by atoms with van der Waals surface area (Å²) in [5, 5.41) is 10.0. The highest BCUT2D eigenvalue weighted by molar-refractivity contribution is 6.32. The number of aliphatic hydroxyl groups is 1. The molecular formula is C11H15Cl2N3O. The monoisotopic (exact) mass is 275 g/mol. The van der Waals surface area contributed by atoms with E-state index in [1.165, 1.54) is 0 Å². The van der Waals surface area contributed by atoms with E-state index >= 15 is 0 Å². The second kappa shape index (κ2) is 4.96. The number of hydrogen-bond acceptors (Lipinski definition) is 4. The summed E-state index contributed by atoms with van der Waals surface area (Å²) in [6.45, 7) is 2.96. The molecule has 0 bridgehead atoms. The van der Waals surface area contributed by atoms with E-state index in [4.69, 9.17) is 23.2 Å². The first-order chi connectivity index (χ1) is 8.05. The van der Waals surface area contributed by atoms with Gasteiger partial charge >= 0.3 is 0 Å². The maximum absolute atomic E-state index is 9.57. The van der Waals surface area contributed by atoms with Crippen molar-refractivity contribution in [2.45, 2.75) is 31.7 Å². The molecule has 0 aromatic carbocycles. The Morgan fingerprint density at radius 3 is 2.82 bits per heavy atom. The van der Waals surface area contributed by atoms with E-state index in [0.29, 0.717) is 11.0 Å².